The van der Waals surface area contributed by atoms with Crippen LogP contribution >= 0.6 is 11.8 Å². The summed E-state index contributed by atoms with van der Waals surface area (Å²) >= 11 is 1.54. The average Bonchev–Trinajstić information content (AvgIpc) is 2.74. The number of amides is 3. The van der Waals surface area contributed by atoms with Gasteiger partial charge in [0, 0.05) is 5.54 Å². The lowest BCUT2D eigenvalue weighted by molar-refractivity contribution is -0.149. The second-order valence-corrected chi connectivity index (χ2v) is 12.0. The summed E-state index contributed by atoms with van der Waals surface area (Å²) in [4.78, 5) is 53.6. The van der Waals surface area contributed by atoms with Crippen molar-refractivity contribution in [1.82, 2.24) is 15.5 Å². The van der Waals surface area contributed by atoms with E-state index in [2.05, 4.69) is 15.4 Å². The number of methoxy groups -OCH3 is 1. The number of rotatable bonds is 10. The maximum atomic E-state index is 14.2. The Labute approximate surface area is 225 Å². The van der Waals surface area contributed by atoms with E-state index in [-0.39, 0.29) is 6.54 Å². The van der Waals surface area contributed by atoms with Gasteiger partial charge >= 0.3 is 12.1 Å². The van der Waals surface area contributed by atoms with E-state index in [1.165, 1.54) is 12.0 Å². The molecule has 1 rings (SSSR count). The highest BCUT2D eigenvalue weighted by Crippen LogP contribution is 2.31. The number of benzene rings is 1. The van der Waals surface area contributed by atoms with Crippen molar-refractivity contribution >= 4 is 35.6 Å². The van der Waals surface area contributed by atoms with Gasteiger partial charge in [-0.15, -0.1) is 0 Å². The van der Waals surface area contributed by atoms with Crippen LogP contribution in [0.1, 0.15) is 70.7 Å². The highest BCUT2D eigenvalue weighted by molar-refractivity contribution is 7.98. The van der Waals surface area contributed by atoms with E-state index in [1.807, 2.05) is 59.1 Å². The molecule has 0 aliphatic carbocycles. The van der Waals surface area contributed by atoms with Crippen LogP contribution in [0.4, 0.5) is 4.79 Å². The van der Waals surface area contributed by atoms with Gasteiger partial charge in [0.2, 0.25) is 11.8 Å². The summed E-state index contributed by atoms with van der Waals surface area (Å²) in [7, 11) is 1.24. The van der Waals surface area contributed by atoms with Crippen LogP contribution in [0.3, 0.4) is 0 Å². The summed E-state index contributed by atoms with van der Waals surface area (Å²) in [5, 5.41) is 5.33. The number of ether oxygens (including phenoxy) is 2. The number of carbonyl (C=O) groups excluding carboxylic acids is 4. The van der Waals surface area contributed by atoms with Gasteiger partial charge in [0.15, 0.2) is 0 Å². The lowest BCUT2D eigenvalue weighted by Gasteiger charge is -2.43. The first-order valence-corrected chi connectivity index (χ1v) is 13.6. The number of aryl methyl sites for hydroxylation is 2. The van der Waals surface area contributed by atoms with Crippen LogP contribution in [0.15, 0.2) is 18.2 Å². The minimum Gasteiger partial charge on any atom is -0.468 e. The van der Waals surface area contributed by atoms with E-state index in [0.29, 0.717) is 17.7 Å². The van der Waals surface area contributed by atoms with Crippen LogP contribution < -0.4 is 10.6 Å². The van der Waals surface area contributed by atoms with Crippen molar-refractivity contribution in [3.05, 3.63) is 34.9 Å². The summed E-state index contributed by atoms with van der Waals surface area (Å²) < 4.78 is 10.1. The SMILES string of the molecule is COC(=O)CNC(=O)C(c1cc(C)cc(C)c1)N(C(=O)C(CCSC)NC(=O)OC(C)(C)C)C(C)(C)C. The number of hydrogen-bond donors (Lipinski definition) is 2. The summed E-state index contributed by atoms with van der Waals surface area (Å²) in [6, 6.07) is 3.68. The van der Waals surface area contributed by atoms with Crippen molar-refractivity contribution in [1.29, 1.82) is 0 Å². The molecule has 3 amide bonds. The zero-order valence-electron chi connectivity index (χ0n) is 23.8. The van der Waals surface area contributed by atoms with Crippen molar-refractivity contribution in [2.45, 2.75) is 85.0 Å². The van der Waals surface area contributed by atoms with E-state index in [9.17, 15) is 19.2 Å². The molecule has 0 saturated heterocycles. The number of alkyl carbamates (subject to hydrolysis) is 1. The highest BCUT2D eigenvalue weighted by Gasteiger charge is 2.42. The molecule has 208 valence electrons. The maximum Gasteiger partial charge on any atom is 0.408 e. The fraction of sp³-hybridized carbons (Fsp3) is 0.630. The average molecular weight is 538 g/mol. The summed E-state index contributed by atoms with van der Waals surface area (Å²) in [5.41, 5.74) is 0.885. The Morgan fingerprint density at radius 1 is 1.00 bits per heavy atom. The van der Waals surface area contributed by atoms with Crippen LogP contribution in [-0.4, -0.2) is 71.6 Å². The fourth-order valence-electron chi connectivity index (χ4n) is 3.87. The molecule has 0 saturated carbocycles. The number of thioether (sulfide) groups is 1. The first kappa shape index (κ1) is 32.3. The molecule has 0 heterocycles. The van der Waals surface area contributed by atoms with Crippen molar-refractivity contribution in [2.75, 3.05) is 25.7 Å². The molecule has 2 N–H and O–H groups in total. The molecule has 0 spiro atoms. The molecule has 0 bridgehead atoms. The third-order valence-corrected chi connectivity index (χ3v) is 5.90. The highest BCUT2D eigenvalue weighted by atomic mass is 32.2. The predicted octanol–water partition coefficient (Wildman–Crippen LogP) is 3.91. The monoisotopic (exact) mass is 537 g/mol. The Morgan fingerprint density at radius 3 is 2.03 bits per heavy atom. The number of esters is 1. The van der Waals surface area contributed by atoms with E-state index in [4.69, 9.17) is 4.74 Å². The van der Waals surface area contributed by atoms with Gasteiger partial charge in [-0.25, -0.2) is 4.79 Å². The van der Waals surface area contributed by atoms with Crippen molar-refractivity contribution in [3.8, 4) is 0 Å². The molecule has 0 radical (unpaired) electrons. The second kappa shape index (κ2) is 13.7. The smallest absolute Gasteiger partial charge is 0.408 e. The molecule has 0 aliphatic heterocycles. The van der Waals surface area contributed by atoms with Crippen LogP contribution in [-0.2, 0) is 23.9 Å². The van der Waals surface area contributed by atoms with Gasteiger partial charge < -0.3 is 25.0 Å². The Hall–Kier alpha value is -2.75. The van der Waals surface area contributed by atoms with Crippen molar-refractivity contribution < 1.29 is 28.7 Å². The lowest BCUT2D eigenvalue weighted by Crippen LogP contribution is -2.59. The van der Waals surface area contributed by atoms with E-state index in [0.717, 1.165) is 11.1 Å². The molecule has 10 heteroatoms. The van der Waals surface area contributed by atoms with Crippen LogP contribution in [0.5, 0.6) is 0 Å². The van der Waals surface area contributed by atoms with Gasteiger partial charge in [-0.2, -0.15) is 11.8 Å². The Kier molecular flexibility index (Phi) is 11.9. The summed E-state index contributed by atoms with van der Waals surface area (Å²) in [6.45, 7) is 14.2. The minimum atomic E-state index is -1.06. The number of nitrogens with one attached hydrogen (secondary N) is 2. The van der Waals surface area contributed by atoms with E-state index >= 15 is 0 Å². The van der Waals surface area contributed by atoms with Crippen LogP contribution in [0, 0.1) is 13.8 Å². The van der Waals surface area contributed by atoms with Crippen LogP contribution in [0.25, 0.3) is 0 Å². The molecule has 1 aromatic carbocycles. The lowest BCUT2D eigenvalue weighted by atomic mass is 9.93. The maximum absolute atomic E-state index is 14.2. The molecular weight excluding hydrogens is 494 g/mol. The van der Waals surface area contributed by atoms with Gasteiger partial charge in [0.1, 0.15) is 24.2 Å². The summed E-state index contributed by atoms with van der Waals surface area (Å²) in [6.07, 6.45) is 1.54. The molecule has 2 atom stereocenters. The number of carbonyl (C=O) groups is 4. The van der Waals surface area contributed by atoms with Crippen LogP contribution in [0.2, 0.25) is 0 Å². The topological polar surface area (TPSA) is 114 Å². The molecule has 0 fully saturated rings. The largest absolute Gasteiger partial charge is 0.468 e. The number of nitrogens with zero attached hydrogens (tertiary/aromatic N) is 1. The third kappa shape index (κ3) is 10.6. The standard InChI is InChI=1S/C27H43N3O6S/c1-17-13-18(2)15-19(14-17)22(23(32)28-16-21(31)35-9)30(26(3,4)5)24(33)20(11-12-37-10)29-25(34)36-27(6,7)8/h13-15,20,22H,11-12,16H2,1-10H3,(H,28,32)(H,29,34). The zero-order chi connectivity index (χ0) is 28.6. The predicted molar refractivity (Wildman–Crippen MR) is 146 cm³/mol. The Bertz CT molecular complexity index is 948. The van der Waals surface area contributed by atoms with Gasteiger partial charge in [-0.05, 0) is 79.4 Å². The van der Waals surface area contributed by atoms with Gasteiger partial charge in [0.25, 0.3) is 0 Å². The quantitative estimate of drug-likeness (QED) is 0.435. The third-order valence-electron chi connectivity index (χ3n) is 5.26. The molecule has 37 heavy (non-hydrogen) atoms. The second-order valence-electron chi connectivity index (χ2n) is 11.0. The van der Waals surface area contributed by atoms with Gasteiger partial charge in [-0.3, -0.25) is 14.4 Å². The van der Waals surface area contributed by atoms with Crippen molar-refractivity contribution in [2.24, 2.45) is 0 Å². The first-order valence-electron chi connectivity index (χ1n) is 12.2. The molecule has 2 unspecified atom stereocenters. The number of hydrogen-bond acceptors (Lipinski definition) is 7. The van der Waals surface area contributed by atoms with E-state index in [1.54, 1.807) is 32.5 Å². The van der Waals surface area contributed by atoms with Crippen molar-refractivity contribution in [3.63, 3.8) is 0 Å². The minimum absolute atomic E-state index is 0.338. The zero-order valence-corrected chi connectivity index (χ0v) is 24.6. The Morgan fingerprint density at radius 2 is 1.57 bits per heavy atom. The first-order chi connectivity index (χ1) is 17.0. The molecular formula is C27H43N3O6S. The molecule has 0 aliphatic rings. The molecule has 0 aromatic heterocycles. The molecule has 9 nitrogen and oxygen atoms in total. The Balaban J connectivity index is 3.59. The molecule has 1 aromatic rings. The summed E-state index contributed by atoms with van der Waals surface area (Å²) in [5.74, 6) is -0.956. The van der Waals surface area contributed by atoms with Gasteiger partial charge in [-0.1, -0.05) is 29.3 Å². The van der Waals surface area contributed by atoms with Gasteiger partial charge in [0.05, 0.1) is 7.11 Å². The normalized spacial score (nSPS) is 13.2. The van der Waals surface area contributed by atoms with E-state index < -0.39 is 47.1 Å². The fourth-order valence-corrected chi connectivity index (χ4v) is 4.34.